The minimum atomic E-state index is 0.0784. The highest BCUT2D eigenvalue weighted by molar-refractivity contribution is 5.80. The summed E-state index contributed by atoms with van der Waals surface area (Å²) in [7, 11) is 1.79. The molecule has 2 unspecified atom stereocenters. The second-order valence-corrected chi connectivity index (χ2v) is 13.0. The van der Waals surface area contributed by atoms with Crippen LogP contribution in [0.2, 0.25) is 0 Å². The highest BCUT2D eigenvalue weighted by Crippen LogP contribution is 2.48. The van der Waals surface area contributed by atoms with E-state index in [9.17, 15) is 4.79 Å². The van der Waals surface area contributed by atoms with Gasteiger partial charge in [-0.15, -0.1) is 0 Å². The number of carbonyl (C=O) groups is 1. The first-order valence-corrected chi connectivity index (χ1v) is 14.5. The molecule has 4 heteroatoms. The van der Waals surface area contributed by atoms with Crippen LogP contribution >= 0.6 is 0 Å². The molecule has 2 aromatic carbocycles. The number of hydrogen-bond acceptors (Lipinski definition) is 3. The van der Waals surface area contributed by atoms with Crippen LogP contribution < -0.4 is 10.1 Å². The van der Waals surface area contributed by atoms with Crippen LogP contribution in [0.15, 0.2) is 42.5 Å². The number of methoxy groups -OCH3 is 1. The zero-order valence-corrected chi connectivity index (χ0v) is 23.6. The maximum atomic E-state index is 13.7. The third kappa shape index (κ3) is 5.19. The first-order valence-electron chi connectivity index (χ1n) is 14.5. The average molecular weight is 503 g/mol. The summed E-state index contributed by atoms with van der Waals surface area (Å²) in [5.41, 5.74) is 5.67. The standard InChI is InChI=1S/C33H46N2O2/c1-32(2)17-18-33(3,4)27-21-29(37-5)25(20-26(27)32)22-34-28-16-19-35(30(28)23-12-8-6-9-13-23)31(36)24-14-10-7-11-15-24/h6,8-9,12-13,20-21,24,28,30,34H,7,10-11,14-19,22H2,1-5H3. The zero-order valence-electron chi connectivity index (χ0n) is 23.6. The lowest BCUT2D eigenvalue weighted by Crippen LogP contribution is -2.41. The van der Waals surface area contributed by atoms with Crippen LogP contribution in [-0.4, -0.2) is 30.5 Å². The fourth-order valence-corrected chi connectivity index (χ4v) is 7.11. The lowest BCUT2D eigenvalue weighted by molar-refractivity contribution is -0.137. The van der Waals surface area contributed by atoms with Gasteiger partial charge in [-0.3, -0.25) is 4.79 Å². The molecule has 2 fully saturated rings. The summed E-state index contributed by atoms with van der Waals surface area (Å²) < 4.78 is 5.93. The zero-order chi connectivity index (χ0) is 26.2. The first-order chi connectivity index (χ1) is 17.7. The summed E-state index contributed by atoms with van der Waals surface area (Å²) in [5, 5.41) is 3.89. The van der Waals surface area contributed by atoms with Gasteiger partial charge in [0.05, 0.1) is 13.2 Å². The molecule has 0 spiro atoms. The molecule has 0 aromatic heterocycles. The summed E-state index contributed by atoms with van der Waals surface area (Å²) in [4.78, 5) is 15.9. The summed E-state index contributed by atoms with van der Waals surface area (Å²) in [5.74, 6) is 1.54. The van der Waals surface area contributed by atoms with Crippen molar-refractivity contribution < 1.29 is 9.53 Å². The van der Waals surface area contributed by atoms with E-state index in [1.807, 2.05) is 0 Å². The SMILES string of the molecule is COc1cc2c(cc1CNC1CCN(C(=O)C3CCCCC3)C1c1ccccc1)C(C)(C)CCC2(C)C. The van der Waals surface area contributed by atoms with Crippen molar-refractivity contribution >= 4 is 5.91 Å². The van der Waals surface area contributed by atoms with Crippen molar-refractivity contribution in [2.24, 2.45) is 5.92 Å². The molecule has 4 nitrogen and oxygen atoms in total. The van der Waals surface area contributed by atoms with Gasteiger partial charge in [-0.05, 0) is 71.8 Å². The van der Waals surface area contributed by atoms with Crippen molar-refractivity contribution in [2.75, 3.05) is 13.7 Å². The van der Waals surface area contributed by atoms with Gasteiger partial charge in [-0.25, -0.2) is 0 Å². The first kappa shape index (κ1) is 26.3. The molecule has 1 aliphatic heterocycles. The molecule has 2 aromatic rings. The normalized spacial score (nSPS) is 25.1. The van der Waals surface area contributed by atoms with E-state index in [-0.39, 0.29) is 28.8 Å². The Hall–Kier alpha value is -2.33. The van der Waals surface area contributed by atoms with E-state index in [0.717, 1.165) is 38.1 Å². The Kier molecular flexibility index (Phi) is 7.42. The molecular formula is C33H46N2O2. The minimum absolute atomic E-state index is 0.0784. The van der Waals surface area contributed by atoms with E-state index in [1.165, 1.54) is 54.4 Å². The number of nitrogens with one attached hydrogen (secondary N) is 1. The van der Waals surface area contributed by atoms with Gasteiger partial charge < -0.3 is 15.0 Å². The maximum absolute atomic E-state index is 13.7. The fourth-order valence-electron chi connectivity index (χ4n) is 7.11. The maximum Gasteiger partial charge on any atom is 0.226 e. The molecule has 2 atom stereocenters. The molecule has 1 amide bonds. The van der Waals surface area contributed by atoms with Crippen molar-refractivity contribution in [1.82, 2.24) is 10.2 Å². The lowest BCUT2D eigenvalue weighted by atomic mass is 9.63. The Bertz CT molecular complexity index is 1100. The van der Waals surface area contributed by atoms with Crippen molar-refractivity contribution in [2.45, 2.75) is 109 Å². The van der Waals surface area contributed by atoms with Gasteiger partial charge in [0, 0.05) is 30.6 Å². The number of hydrogen-bond donors (Lipinski definition) is 1. The van der Waals surface area contributed by atoms with E-state index in [0.29, 0.717) is 5.91 Å². The van der Waals surface area contributed by atoms with Crippen molar-refractivity contribution in [1.29, 1.82) is 0 Å². The van der Waals surface area contributed by atoms with Crippen LogP contribution in [-0.2, 0) is 22.2 Å². The number of carbonyl (C=O) groups excluding carboxylic acids is 1. The van der Waals surface area contributed by atoms with Crippen molar-refractivity contribution in [3.05, 3.63) is 64.7 Å². The molecule has 1 N–H and O–H groups in total. The van der Waals surface area contributed by atoms with E-state index < -0.39 is 0 Å². The van der Waals surface area contributed by atoms with Gasteiger partial charge in [0.15, 0.2) is 0 Å². The van der Waals surface area contributed by atoms with Gasteiger partial charge >= 0.3 is 0 Å². The molecule has 1 saturated carbocycles. The predicted molar refractivity (Wildman–Crippen MR) is 151 cm³/mol. The topological polar surface area (TPSA) is 41.6 Å². The summed E-state index contributed by atoms with van der Waals surface area (Å²) >= 11 is 0. The lowest BCUT2D eigenvalue weighted by Gasteiger charge is -2.42. The highest BCUT2D eigenvalue weighted by Gasteiger charge is 2.41. The molecule has 37 heavy (non-hydrogen) atoms. The number of nitrogens with zero attached hydrogens (tertiary/aromatic N) is 1. The second kappa shape index (κ2) is 10.4. The van der Waals surface area contributed by atoms with Gasteiger partial charge in [-0.1, -0.05) is 77.3 Å². The predicted octanol–water partition coefficient (Wildman–Crippen LogP) is 7.06. The monoisotopic (exact) mass is 502 g/mol. The van der Waals surface area contributed by atoms with E-state index >= 15 is 0 Å². The van der Waals surface area contributed by atoms with Gasteiger partial charge in [-0.2, -0.15) is 0 Å². The second-order valence-electron chi connectivity index (χ2n) is 13.0. The fraction of sp³-hybridized carbons (Fsp3) is 0.606. The number of likely N-dealkylation sites (tertiary alicyclic amines) is 1. The Labute approximate surface area is 224 Å². The Morgan fingerprint density at radius 2 is 1.59 bits per heavy atom. The van der Waals surface area contributed by atoms with Gasteiger partial charge in [0.1, 0.15) is 5.75 Å². The van der Waals surface area contributed by atoms with E-state index in [2.05, 4.69) is 80.4 Å². The third-order valence-electron chi connectivity index (χ3n) is 9.59. The van der Waals surface area contributed by atoms with Crippen LogP contribution in [0.5, 0.6) is 5.75 Å². The summed E-state index contributed by atoms with van der Waals surface area (Å²) in [6.07, 6.45) is 9.11. The number of benzene rings is 2. The molecule has 1 saturated heterocycles. The van der Waals surface area contributed by atoms with Crippen LogP contribution in [0.25, 0.3) is 0 Å². The number of amides is 1. The minimum Gasteiger partial charge on any atom is -0.496 e. The molecule has 0 bridgehead atoms. The Morgan fingerprint density at radius 3 is 2.24 bits per heavy atom. The van der Waals surface area contributed by atoms with Crippen molar-refractivity contribution in [3.8, 4) is 5.75 Å². The molecular weight excluding hydrogens is 456 g/mol. The highest BCUT2D eigenvalue weighted by atomic mass is 16.5. The van der Waals surface area contributed by atoms with E-state index in [1.54, 1.807) is 7.11 Å². The van der Waals surface area contributed by atoms with Crippen LogP contribution in [0.1, 0.15) is 107 Å². The largest absolute Gasteiger partial charge is 0.496 e. The van der Waals surface area contributed by atoms with Crippen LogP contribution in [0.4, 0.5) is 0 Å². The summed E-state index contributed by atoms with van der Waals surface area (Å²) in [6, 6.07) is 15.7. The average Bonchev–Trinajstić information content (AvgIpc) is 3.34. The number of ether oxygens (including phenoxy) is 1. The molecule has 200 valence electrons. The summed E-state index contributed by atoms with van der Waals surface area (Å²) in [6.45, 7) is 11.0. The Balaban J connectivity index is 1.40. The smallest absolute Gasteiger partial charge is 0.226 e. The van der Waals surface area contributed by atoms with Gasteiger partial charge in [0.2, 0.25) is 5.91 Å². The molecule has 3 aliphatic rings. The number of rotatable bonds is 6. The molecule has 1 heterocycles. The third-order valence-corrected chi connectivity index (χ3v) is 9.59. The quantitative estimate of drug-likeness (QED) is 0.460. The molecule has 5 rings (SSSR count). The molecule has 0 radical (unpaired) electrons. The molecule has 2 aliphatic carbocycles. The van der Waals surface area contributed by atoms with E-state index in [4.69, 9.17) is 4.74 Å². The van der Waals surface area contributed by atoms with Crippen molar-refractivity contribution in [3.63, 3.8) is 0 Å². The van der Waals surface area contributed by atoms with Gasteiger partial charge in [0.25, 0.3) is 0 Å². The number of fused-ring (bicyclic) bond motifs is 1. The van der Waals surface area contributed by atoms with Crippen LogP contribution in [0.3, 0.4) is 0 Å². The van der Waals surface area contributed by atoms with Crippen LogP contribution in [0, 0.1) is 5.92 Å². The Morgan fingerprint density at radius 1 is 0.946 bits per heavy atom.